The summed E-state index contributed by atoms with van der Waals surface area (Å²) >= 11 is 0. The normalized spacial score (nSPS) is 30.0. The predicted octanol–water partition coefficient (Wildman–Crippen LogP) is -1.55. The van der Waals surface area contributed by atoms with E-state index in [9.17, 15) is 9.90 Å². The molecule has 2 aliphatic rings. The molecule has 22 heavy (non-hydrogen) atoms. The molecular weight excluding hydrogens is 292 g/mol. The number of nitrogens with two attached hydrogens (primary N) is 1. The maximum absolute atomic E-state index is 12.0. The lowest BCUT2D eigenvalue weighted by molar-refractivity contribution is -0.0823. The summed E-state index contributed by atoms with van der Waals surface area (Å²) in [6, 6.07) is 1.15. The van der Waals surface area contributed by atoms with Crippen molar-refractivity contribution in [1.29, 1.82) is 0 Å². The lowest BCUT2D eigenvalue weighted by atomic mass is 10.1. The Morgan fingerprint density at radius 1 is 1.50 bits per heavy atom. The summed E-state index contributed by atoms with van der Waals surface area (Å²) in [5.41, 5.74) is 5.77. The first-order valence-corrected chi connectivity index (χ1v) is 6.80. The maximum Gasteiger partial charge on any atom is 0.351 e. The van der Waals surface area contributed by atoms with Crippen LogP contribution in [0.3, 0.4) is 0 Å². The maximum atomic E-state index is 12.0. The summed E-state index contributed by atoms with van der Waals surface area (Å²) in [7, 11) is 0. The molecule has 0 aromatic carbocycles. The minimum absolute atomic E-state index is 0.137. The summed E-state index contributed by atoms with van der Waals surface area (Å²) < 4.78 is 14.6. The fourth-order valence-corrected chi connectivity index (χ4v) is 2.99. The van der Waals surface area contributed by atoms with Gasteiger partial charge in [0.05, 0.1) is 25.1 Å². The molecule has 2 aromatic heterocycles. The SMILES string of the molecule is Nc1ccn([C@@H]2O[C@H](CO)C3[C@@H]2OCc2cnnn23)c(=O)n1. The Bertz CT molecular complexity index is 758. The van der Waals surface area contributed by atoms with E-state index in [2.05, 4.69) is 15.3 Å². The minimum atomic E-state index is -0.708. The second-order valence-corrected chi connectivity index (χ2v) is 5.23. The Labute approximate surface area is 124 Å². The molecule has 2 aromatic rings. The molecule has 0 saturated carbocycles. The third-order valence-corrected chi connectivity index (χ3v) is 3.97. The van der Waals surface area contributed by atoms with E-state index < -0.39 is 24.1 Å². The first kappa shape index (κ1) is 13.4. The molecule has 0 spiro atoms. The smallest absolute Gasteiger partial charge is 0.351 e. The fraction of sp³-hybridized carbons (Fsp3) is 0.500. The number of fused-ring (bicyclic) bond motifs is 3. The summed E-state index contributed by atoms with van der Waals surface area (Å²) in [6.07, 6.45) is 1.37. The van der Waals surface area contributed by atoms with Gasteiger partial charge in [-0.2, -0.15) is 4.98 Å². The highest BCUT2D eigenvalue weighted by molar-refractivity contribution is 5.23. The van der Waals surface area contributed by atoms with E-state index in [1.165, 1.54) is 16.8 Å². The van der Waals surface area contributed by atoms with Gasteiger partial charge in [-0.05, 0) is 6.07 Å². The van der Waals surface area contributed by atoms with Gasteiger partial charge in [0.1, 0.15) is 24.1 Å². The number of aliphatic hydroxyl groups is 1. The highest BCUT2D eigenvalue weighted by Crippen LogP contribution is 2.41. The minimum Gasteiger partial charge on any atom is -0.394 e. The van der Waals surface area contributed by atoms with Gasteiger partial charge in [0.2, 0.25) is 0 Å². The Kier molecular flexibility index (Phi) is 2.96. The molecule has 3 N–H and O–H groups in total. The van der Waals surface area contributed by atoms with Crippen molar-refractivity contribution in [2.24, 2.45) is 0 Å². The van der Waals surface area contributed by atoms with E-state index in [4.69, 9.17) is 15.2 Å². The number of hydrogen-bond donors (Lipinski definition) is 2. The summed E-state index contributed by atoms with van der Waals surface area (Å²) in [6.45, 7) is 0.0841. The second-order valence-electron chi connectivity index (χ2n) is 5.23. The molecule has 0 amide bonds. The molecular formula is C12H14N6O4. The van der Waals surface area contributed by atoms with Crippen molar-refractivity contribution in [1.82, 2.24) is 24.5 Å². The number of aromatic nitrogens is 5. The van der Waals surface area contributed by atoms with Crippen molar-refractivity contribution in [3.8, 4) is 0 Å². The third kappa shape index (κ3) is 1.85. The molecule has 10 heteroatoms. The molecule has 4 heterocycles. The summed E-state index contributed by atoms with van der Waals surface area (Å²) in [5.74, 6) is 0.137. The molecule has 4 atom stereocenters. The van der Waals surface area contributed by atoms with E-state index in [1.807, 2.05) is 0 Å². The van der Waals surface area contributed by atoms with Gasteiger partial charge in [-0.1, -0.05) is 5.21 Å². The van der Waals surface area contributed by atoms with Crippen LogP contribution < -0.4 is 11.4 Å². The highest BCUT2D eigenvalue weighted by Gasteiger charge is 2.50. The fourth-order valence-electron chi connectivity index (χ4n) is 2.99. The van der Waals surface area contributed by atoms with Crippen LogP contribution in [0.15, 0.2) is 23.3 Å². The molecule has 1 saturated heterocycles. The van der Waals surface area contributed by atoms with Crippen molar-refractivity contribution >= 4 is 5.82 Å². The van der Waals surface area contributed by atoms with E-state index >= 15 is 0 Å². The van der Waals surface area contributed by atoms with Crippen molar-refractivity contribution in [3.63, 3.8) is 0 Å². The van der Waals surface area contributed by atoms with Crippen molar-refractivity contribution in [2.75, 3.05) is 12.3 Å². The van der Waals surface area contributed by atoms with Gasteiger partial charge in [0.15, 0.2) is 6.23 Å². The topological polar surface area (TPSA) is 130 Å². The first-order chi connectivity index (χ1) is 10.7. The zero-order valence-corrected chi connectivity index (χ0v) is 11.4. The van der Waals surface area contributed by atoms with Crippen molar-refractivity contribution < 1.29 is 14.6 Å². The number of aliphatic hydroxyl groups excluding tert-OH is 1. The van der Waals surface area contributed by atoms with Crippen LogP contribution in [0.5, 0.6) is 0 Å². The lowest BCUT2D eigenvalue weighted by Crippen LogP contribution is -2.40. The van der Waals surface area contributed by atoms with Gasteiger partial charge < -0.3 is 20.3 Å². The van der Waals surface area contributed by atoms with Gasteiger partial charge in [0.25, 0.3) is 0 Å². The number of hydrogen-bond acceptors (Lipinski definition) is 8. The average Bonchev–Trinajstić information content (AvgIpc) is 3.10. The van der Waals surface area contributed by atoms with E-state index in [1.54, 1.807) is 10.9 Å². The van der Waals surface area contributed by atoms with Gasteiger partial charge in [-0.15, -0.1) is 5.10 Å². The number of nitrogens with zero attached hydrogens (tertiary/aromatic N) is 5. The molecule has 116 valence electrons. The second kappa shape index (κ2) is 4.87. The lowest BCUT2D eigenvalue weighted by Gasteiger charge is -2.29. The van der Waals surface area contributed by atoms with Gasteiger partial charge in [-0.25, -0.2) is 9.48 Å². The van der Waals surface area contributed by atoms with Crippen LogP contribution in [0.1, 0.15) is 18.0 Å². The molecule has 2 aliphatic heterocycles. The summed E-state index contributed by atoms with van der Waals surface area (Å²) in [4.78, 5) is 15.7. The molecule has 4 rings (SSSR count). The van der Waals surface area contributed by atoms with Crippen LogP contribution in [0, 0.1) is 0 Å². The zero-order valence-electron chi connectivity index (χ0n) is 11.4. The number of rotatable bonds is 2. The van der Waals surface area contributed by atoms with Gasteiger partial charge in [-0.3, -0.25) is 4.57 Å². The van der Waals surface area contributed by atoms with Crippen LogP contribution in [-0.4, -0.2) is 48.5 Å². The largest absolute Gasteiger partial charge is 0.394 e. The van der Waals surface area contributed by atoms with Crippen LogP contribution in [0.25, 0.3) is 0 Å². The Balaban J connectivity index is 1.76. The Hall–Kier alpha value is -2.30. The molecule has 1 unspecified atom stereocenters. The third-order valence-electron chi connectivity index (χ3n) is 3.97. The number of anilines is 1. The zero-order chi connectivity index (χ0) is 15.3. The molecule has 1 fully saturated rings. The molecule has 0 radical (unpaired) electrons. The number of ether oxygens (including phenoxy) is 2. The predicted molar refractivity (Wildman–Crippen MR) is 71.5 cm³/mol. The Morgan fingerprint density at radius 2 is 2.36 bits per heavy atom. The first-order valence-electron chi connectivity index (χ1n) is 6.80. The Morgan fingerprint density at radius 3 is 3.14 bits per heavy atom. The highest BCUT2D eigenvalue weighted by atomic mass is 16.6. The monoisotopic (exact) mass is 306 g/mol. The number of nitrogen functional groups attached to an aromatic ring is 1. The molecule has 0 aliphatic carbocycles. The summed E-state index contributed by atoms with van der Waals surface area (Å²) in [5, 5.41) is 17.5. The average molecular weight is 306 g/mol. The van der Waals surface area contributed by atoms with Crippen LogP contribution >= 0.6 is 0 Å². The van der Waals surface area contributed by atoms with Crippen LogP contribution in [0.2, 0.25) is 0 Å². The van der Waals surface area contributed by atoms with Crippen LogP contribution in [-0.2, 0) is 16.1 Å². The van der Waals surface area contributed by atoms with Crippen molar-refractivity contribution in [3.05, 3.63) is 34.6 Å². The van der Waals surface area contributed by atoms with Gasteiger partial charge >= 0.3 is 5.69 Å². The quantitative estimate of drug-likeness (QED) is 0.681. The van der Waals surface area contributed by atoms with Crippen molar-refractivity contribution in [2.45, 2.75) is 31.1 Å². The van der Waals surface area contributed by atoms with Gasteiger partial charge in [0, 0.05) is 6.20 Å². The van der Waals surface area contributed by atoms with E-state index in [0.717, 1.165) is 5.69 Å². The molecule has 0 bridgehead atoms. The van der Waals surface area contributed by atoms with E-state index in [-0.39, 0.29) is 18.5 Å². The van der Waals surface area contributed by atoms with Crippen LogP contribution in [0.4, 0.5) is 5.82 Å². The van der Waals surface area contributed by atoms with E-state index in [0.29, 0.717) is 6.61 Å². The standard InChI is InChI=1S/C12H14N6O4/c13-8-1-2-17(12(20)15-8)11-10-9(7(4-19)22-11)18-6(5-21-10)3-14-16-18/h1-3,7,9-11,19H,4-5H2,(H2,13,15,20)/t7-,9?,10+,11-/m1/s1. The molecule has 10 nitrogen and oxygen atoms in total.